The molecule has 1 fully saturated rings. The summed E-state index contributed by atoms with van der Waals surface area (Å²) in [6.45, 7) is 24.1. The van der Waals surface area contributed by atoms with Crippen LogP contribution in [0.2, 0.25) is 8.35 Å². The van der Waals surface area contributed by atoms with E-state index in [2.05, 4.69) is 106 Å². The summed E-state index contributed by atoms with van der Waals surface area (Å²) >= 11 is -2.79. The fourth-order valence-corrected chi connectivity index (χ4v) is 36.2. The van der Waals surface area contributed by atoms with Gasteiger partial charge in [-0.3, -0.25) is 0 Å². The van der Waals surface area contributed by atoms with Crippen molar-refractivity contribution >= 4 is 12.2 Å². The molecule has 2 atom stereocenters. The number of rotatable bonds is 6. The first-order chi connectivity index (χ1) is 16.5. The number of hydrogen-bond acceptors (Lipinski definition) is 0. The van der Waals surface area contributed by atoms with Crippen LogP contribution < -0.4 is 24.8 Å². The third-order valence-electron chi connectivity index (χ3n) is 9.41. The Labute approximate surface area is 243 Å². The molecule has 1 heterocycles. The molecule has 2 aromatic rings. The molecule has 200 valence electrons. The van der Waals surface area contributed by atoms with Crippen molar-refractivity contribution < 1.29 is 44.8 Å². The molecule has 5 rings (SSSR count). The molecule has 0 N–H and O–H groups in total. The van der Waals surface area contributed by atoms with Crippen molar-refractivity contribution in [1.29, 1.82) is 0 Å². The zero-order chi connectivity index (χ0) is 25.4. The van der Waals surface area contributed by atoms with Crippen LogP contribution in [0.3, 0.4) is 0 Å². The smallest absolute Gasteiger partial charge is 1.00 e. The Morgan fingerprint density at radius 2 is 0.838 bits per heavy atom. The number of hydrogen-bond donors (Lipinski definition) is 0. The van der Waals surface area contributed by atoms with Crippen LogP contribution in [-0.2, 0) is 20.0 Å². The molecule has 2 aromatic carbocycles. The van der Waals surface area contributed by atoms with Crippen molar-refractivity contribution in [3.63, 3.8) is 0 Å². The molecule has 0 aromatic heterocycles. The molecule has 2 aliphatic carbocycles. The first kappa shape index (κ1) is 30.9. The van der Waals surface area contributed by atoms with Crippen LogP contribution in [0.5, 0.6) is 0 Å². The van der Waals surface area contributed by atoms with Gasteiger partial charge >= 0.3 is 221 Å². The summed E-state index contributed by atoms with van der Waals surface area (Å²) in [6, 6.07) is 9.90. The minimum atomic E-state index is -2.79. The predicted molar refractivity (Wildman–Crippen MR) is 152 cm³/mol. The SMILES string of the molecule is CC1=Cc2c(C(C)C)ccc(C(C)C)c2[CH]1[Hf+2]1([CH]2C(C)=Cc3c(C(C)C)ccc(C(C)C)c32)[CH2][CH2]1.[Cl-].[Cl-]. The van der Waals surface area contributed by atoms with Gasteiger partial charge in [0.2, 0.25) is 0 Å². The van der Waals surface area contributed by atoms with Gasteiger partial charge in [0.15, 0.2) is 0 Å². The monoisotopic (exact) mass is 704 g/mol. The maximum atomic E-state index is 2.63. The van der Waals surface area contributed by atoms with Gasteiger partial charge < -0.3 is 24.8 Å². The van der Waals surface area contributed by atoms with E-state index >= 15 is 0 Å². The molecule has 1 aliphatic heterocycles. The van der Waals surface area contributed by atoms with Crippen LogP contribution in [0.15, 0.2) is 35.4 Å². The number of fused-ring (bicyclic) bond motifs is 2. The standard InChI is InChI=1S/2C16H21.C2H4.2ClH.Hf/c2*1-10(2)13-6-7-14(11(3)4)16-9-12(5)8-15(13)16;1-2;;;/h2*6-11H,1-5H3;1-2H2;2*1H;/q;;;;;+2/p-2. The Morgan fingerprint density at radius 1 is 0.541 bits per heavy atom. The Bertz CT molecular complexity index is 1150. The number of halogens is 2. The second-order valence-electron chi connectivity index (χ2n) is 13.1. The second-order valence-corrected chi connectivity index (χ2v) is 29.7. The molecule has 1 saturated heterocycles. The van der Waals surface area contributed by atoms with E-state index in [1.54, 1.807) is 64.0 Å². The fourth-order valence-electron chi connectivity index (χ4n) is 7.77. The van der Waals surface area contributed by atoms with Gasteiger partial charge in [-0.2, -0.15) is 0 Å². The van der Waals surface area contributed by atoms with Gasteiger partial charge in [-0.1, -0.05) is 0 Å². The molecular formula is C34H46Cl2Hf. The first-order valence-corrected chi connectivity index (χ1v) is 23.4. The van der Waals surface area contributed by atoms with Gasteiger partial charge in [0.1, 0.15) is 0 Å². The average Bonchev–Trinajstić information content (AvgIpc) is 3.35. The van der Waals surface area contributed by atoms with Gasteiger partial charge in [-0.15, -0.1) is 0 Å². The van der Waals surface area contributed by atoms with Crippen molar-refractivity contribution in [3.8, 4) is 0 Å². The van der Waals surface area contributed by atoms with E-state index < -0.39 is 20.0 Å². The Balaban J connectivity index is 0.00000190. The molecular weight excluding hydrogens is 658 g/mol. The van der Waals surface area contributed by atoms with Crippen LogP contribution in [0, 0.1) is 0 Å². The van der Waals surface area contributed by atoms with Crippen LogP contribution >= 0.6 is 0 Å². The Hall–Kier alpha value is -0.630. The van der Waals surface area contributed by atoms with E-state index in [-0.39, 0.29) is 24.8 Å². The molecule has 0 nitrogen and oxygen atoms in total. The minimum absolute atomic E-state index is 0. The quantitative estimate of drug-likeness (QED) is 0.380. The van der Waals surface area contributed by atoms with E-state index in [0.717, 1.165) is 7.35 Å². The Kier molecular flexibility index (Phi) is 9.27. The fraction of sp³-hybridized carbons (Fsp3) is 0.529. The molecule has 3 heteroatoms. The van der Waals surface area contributed by atoms with Crippen LogP contribution in [0.25, 0.3) is 12.2 Å². The molecule has 0 amide bonds. The van der Waals surface area contributed by atoms with Gasteiger partial charge in [0.25, 0.3) is 0 Å². The summed E-state index contributed by atoms with van der Waals surface area (Å²) in [6.07, 6.45) is 5.26. The van der Waals surface area contributed by atoms with Crippen molar-refractivity contribution in [2.45, 2.75) is 109 Å². The zero-order valence-corrected chi connectivity index (χ0v) is 29.7. The maximum Gasteiger partial charge on any atom is -1.00 e. The molecule has 3 aliphatic rings. The van der Waals surface area contributed by atoms with E-state index in [9.17, 15) is 0 Å². The summed E-state index contributed by atoms with van der Waals surface area (Å²) in [7, 11) is 0. The summed E-state index contributed by atoms with van der Waals surface area (Å²) in [5.74, 6) is 2.33. The molecule has 2 unspecified atom stereocenters. The Morgan fingerprint density at radius 3 is 1.11 bits per heavy atom. The topological polar surface area (TPSA) is 0 Å². The van der Waals surface area contributed by atoms with Gasteiger partial charge in [0.05, 0.1) is 0 Å². The largest absolute Gasteiger partial charge is 1.00 e. The molecule has 0 saturated carbocycles. The molecule has 0 spiro atoms. The summed E-state index contributed by atoms with van der Waals surface area (Å²) < 4.78 is 4.64. The number of allylic oxidation sites excluding steroid dienone is 2. The van der Waals surface area contributed by atoms with Gasteiger partial charge in [0, 0.05) is 0 Å². The van der Waals surface area contributed by atoms with Crippen LogP contribution in [-0.4, -0.2) is 0 Å². The van der Waals surface area contributed by atoms with E-state index in [0.29, 0.717) is 23.7 Å². The second kappa shape index (κ2) is 11.1. The van der Waals surface area contributed by atoms with Crippen LogP contribution in [0.4, 0.5) is 0 Å². The average molecular weight is 704 g/mol. The van der Waals surface area contributed by atoms with Gasteiger partial charge in [-0.05, 0) is 0 Å². The van der Waals surface area contributed by atoms with E-state index in [1.165, 1.54) is 0 Å². The normalized spacial score (nSPS) is 20.2. The zero-order valence-electron chi connectivity index (χ0n) is 24.6. The summed E-state index contributed by atoms with van der Waals surface area (Å²) in [5.41, 5.74) is 16.6. The summed E-state index contributed by atoms with van der Waals surface area (Å²) in [4.78, 5) is 0. The number of benzene rings is 2. The minimum Gasteiger partial charge on any atom is -1.00 e. The molecule has 0 bridgehead atoms. The summed E-state index contributed by atoms with van der Waals surface area (Å²) in [5, 5.41) is 0. The van der Waals surface area contributed by atoms with Crippen molar-refractivity contribution in [2.75, 3.05) is 0 Å². The van der Waals surface area contributed by atoms with E-state index in [1.807, 2.05) is 0 Å². The first-order valence-electron chi connectivity index (χ1n) is 14.2. The maximum absolute atomic E-state index is 2.79. The van der Waals surface area contributed by atoms with Crippen molar-refractivity contribution in [2.24, 2.45) is 0 Å². The van der Waals surface area contributed by atoms with Crippen molar-refractivity contribution in [3.05, 3.63) is 79.9 Å². The van der Waals surface area contributed by atoms with Crippen LogP contribution in [0.1, 0.15) is 145 Å². The molecule has 37 heavy (non-hydrogen) atoms. The van der Waals surface area contributed by atoms with E-state index in [4.69, 9.17) is 0 Å². The van der Waals surface area contributed by atoms with Crippen molar-refractivity contribution in [1.82, 2.24) is 0 Å². The van der Waals surface area contributed by atoms with Gasteiger partial charge in [-0.25, -0.2) is 0 Å². The third-order valence-corrected chi connectivity index (χ3v) is 29.0. The molecule has 0 radical (unpaired) electrons. The third kappa shape index (κ3) is 4.82. The predicted octanol–water partition coefficient (Wildman–Crippen LogP) is 4.81.